The average Bonchev–Trinajstić information content (AvgIpc) is 3.06. The summed E-state index contributed by atoms with van der Waals surface area (Å²) in [7, 11) is 1.30. The van der Waals surface area contributed by atoms with Crippen LogP contribution in [0.25, 0.3) is 0 Å². The van der Waals surface area contributed by atoms with Gasteiger partial charge in [0.05, 0.1) is 25.3 Å². The third-order valence-corrected chi connectivity index (χ3v) is 4.95. The Kier molecular flexibility index (Phi) is 9.46. The second-order valence-corrected chi connectivity index (χ2v) is 10.3. The predicted molar refractivity (Wildman–Crippen MR) is 146 cm³/mol. The van der Waals surface area contributed by atoms with E-state index >= 15 is 0 Å². The number of nitrogens with zero attached hydrogens (tertiary/aromatic N) is 3. The molecule has 2 aromatic heterocycles. The zero-order valence-electron chi connectivity index (χ0n) is 22.0. The van der Waals surface area contributed by atoms with Crippen molar-refractivity contribution in [3.63, 3.8) is 0 Å². The smallest absolute Gasteiger partial charge is 0.411 e. The van der Waals surface area contributed by atoms with Gasteiger partial charge in [0, 0.05) is 18.2 Å². The van der Waals surface area contributed by atoms with Crippen LogP contribution in [0.15, 0.2) is 29.5 Å². The molecule has 3 N–H and O–H groups in total. The van der Waals surface area contributed by atoms with Crippen LogP contribution in [0.1, 0.15) is 59.6 Å². The minimum atomic E-state index is -0.600. The number of fused-ring (bicyclic) bond motifs is 1. The summed E-state index contributed by atoms with van der Waals surface area (Å²) in [6, 6.07) is 3.77. The lowest BCUT2D eigenvalue weighted by atomic mass is 9.86. The molecule has 0 aliphatic carbocycles. The molecule has 3 rings (SSSR count). The number of anilines is 3. The van der Waals surface area contributed by atoms with Crippen molar-refractivity contribution < 1.29 is 19.1 Å². The second-order valence-electron chi connectivity index (χ2n) is 9.91. The van der Waals surface area contributed by atoms with Gasteiger partial charge in [0.25, 0.3) is 0 Å². The van der Waals surface area contributed by atoms with Gasteiger partial charge in [-0.05, 0) is 63.0 Å². The Hall–Kier alpha value is -3.60. The highest BCUT2D eigenvalue weighted by atomic mass is 32.1. The van der Waals surface area contributed by atoms with E-state index in [9.17, 15) is 9.59 Å². The zero-order chi connectivity index (χ0) is 27.1. The van der Waals surface area contributed by atoms with Gasteiger partial charge in [-0.15, -0.1) is 0 Å². The highest BCUT2D eigenvalue weighted by Crippen LogP contribution is 2.35. The van der Waals surface area contributed by atoms with E-state index in [1.165, 1.54) is 27.3 Å². The van der Waals surface area contributed by atoms with Gasteiger partial charge < -0.3 is 24.9 Å². The molecule has 3 heterocycles. The van der Waals surface area contributed by atoms with E-state index in [2.05, 4.69) is 30.9 Å². The molecule has 0 fully saturated rings. The quantitative estimate of drug-likeness (QED) is 0.290. The van der Waals surface area contributed by atoms with Crippen molar-refractivity contribution in [1.82, 2.24) is 9.97 Å². The summed E-state index contributed by atoms with van der Waals surface area (Å²) in [5.41, 5.74) is 1.97. The molecule has 1 aliphatic heterocycles. The van der Waals surface area contributed by atoms with Crippen LogP contribution in [0.3, 0.4) is 0 Å². The van der Waals surface area contributed by atoms with E-state index in [4.69, 9.17) is 21.7 Å². The molecule has 36 heavy (non-hydrogen) atoms. The van der Waals surface area contributed by atoms with E-state index in [1.54, 1.807) is 12.4 Å². The van der Waals surface area contributed by atoms with Gasteiger partial charge >= 0.3 is 6.09 Å². The van der Waals surface area contributed by atoms with Crippen molar-refractivity contribution in [2.24, 2.45) is 4.99 Å². The van der Waals surface area contributed by atoms with Crippen LogP contribution in [0.4, 0.5) is 22.1 Å². The molecule has 0 spiro atoms. The summed E-state index contributed by atoms with van der Waals surface area (Å²) in [5, 5.41) is 8.86. The summed E-state index contributed by atoms with van der Waals surface area (Å²) in [6.07, 6.45) is 5.00. The third kappa shape index (κ3) is 8.56. The number of ether oxygens (including phenoxy) is 2. The first kappa shape index (κ1) is 28.6. The summed E-state index contributed by atoms with van der Waals surface area (Å²) >= 11 is 5.33. The normalized spacial score (nSPS) is 13.6. The number of amides is 1. The number of Topliss-reactive ketones (excluding diaryl/α,β-unsaturated/α-hetero) is 1. The lowest BCUT2D eigenvalue weighted by molar-refractivity contribution is -0.115. The van der Waals surface area contributed by atoms with E-state index < -0.39 is 6.09 Å². The topological polar surface area (TPSA) is 127 Å². The number of carbonyl (C=O) groups excluding carboxylic acids is 2. The number of nitrogens with one attached hydrogen (secondary N) is 3. The average molecular weight is 515 g/mol. The fraction of sp³-hybridized carbons (Fsp3) is 0.440. The minimum Gasteiger partial charge on any atom is -0.486 e. The fourth-order valence-corrected chi connectivity index (χ4v) is 3.49. The summed E-state index contributed by atoms with van der Waals surface area (Å²) in [5.74, 6) is 1.97. The first-order valence-corrected chi connectivity index (χ1v) is 11.7. The van der Waals surface area contributed by atoms with Crippen molar-refractivity contribution in [2.75, 3.05) is 23.1 Å². The number of methoxy groups -OCH3 is 1. The Morgan fingerprint density at radius 3 is 2.50 bits per heavy atom. The molecule has 0 unspecified atom stereocenters. The van der Waals surface area contributed by atoms with Crippen molar-refractivity contribution >= 4 is 52.9 Å². The van der Waals surface area contributed by atoms with Gasteiger partial charge in [0.1, 0.15) is 23.0 Å². The number of aromatic nitrogens is 2. The number of carbonyl (C=O) groups is 2. The van der Waals surface area contributed by atoms with Crippen LogP contribution in [-0.2, 0) is 21.4 Å². The molecular weight excluding hydrogens is 480 g/mol. The minimum absolute atomic E-state index is 0.162. The maximum Gasteiger partial charge on any atom is 0.411 e. The molecule has 0 aromatic carbocycles. The molecule has 2 aromatic rings. The molecule has 0 bridgehead atoms. The second kappa shape index (κ2) is 11.9. The molecule has 10 nitrogen and oxygen atoms in total. The van der Waals surface area contributed by atoms with Crippen molar-refractivity contribution in [3.8, 4) is 5.75 Å². The SMILES string of the molecule is CC(C)=O.COC(=O)Nc1c(C(C)(C)C)ccnc1NC(=S)/N=C/Nc1cc2c(cn1)OC(C)(C)C2. The van der Waals surface area contributed by atoms with Crippen molar-refractivity contribution in [2.45, 2.75) is 65.9 Å². The molecule has 1 aliphatic rings. The molecule has 0 atom stereocenters. The summed E-state index contributed by atoms with van der Waals surface area (Å²) in [4.78, 5) is 34.2. The molecule has 0 radical (unpaired) electrons. The number of ketones is 1. The number of hydrogen-bond donors (Lipinski definition) is 3. The van der Waals surface area contributed by atoms with Crippen LogP contribution in [0, 0.1) is 0 Å². The van der Waals surface area contributed by atoms with Crippen LogP contribution in [-0.4, -0.2) is 46.0 Å². The number of pyridine rings is 2. The third-order valence-electron chi connectivity index (χ3n) is 4.74. The van der Waals surface area contributed by atoms with Gasteiger partial charge in [-0.2, -0.15) is 0 Å². The van der Waals surface area contributed by atoms with Crippen LogP contribution < -0.4 is 20.7 Å². The molecular formula is C25H34N6O4S. The van der Waals surface area contributed by atoms with Crippen LogP contribution in [0.2, 0.25) is 0 Å². The lowest BCUT2D eigenvalue weighted by Crippen LogP contribution is -2.24. The van der Waals surface area contributed by atoms with Crippen LogP contribution in [0.5, 0.6) is 5.75 Å². The Labute approximate surface area is 217 Å². The fourth-order valence-electron chi connectivity index (χ4n) is 3.34. The molecule has 11 heteroatoms. The van der Waals surface area contributed by atoms with Gasteiger partial charge in [-0.25, -0.2) is 19.8 Å². The molecule has 1 amide bonds. The number of rotatable bonds is 4. The largest absolute Gasteiger partial charge is 0.486 e. The van der Waals surface area contributed by atoms with Crippen molar-refractivity contribution in [3.05, 3.63) is 35.7 Å². The molecule has 194 valence electrons. The number of aliphatic imine (C=N–C) groups is 1. The van der Waals surface area contributed by atoms with E-state index in [1.807, 2.05) is 46.8 Å². The van der Waals surface area contributed by atoms with E-state index in [-0.39, 0.29) is 21.9 Å². The Bertz CT molecular complexity index is 1150. The Morgan fingerprint density at radius 1 is 1.22 bits per heavy atom. The maximum atomic E-state index is 11.9. The monoisotopic (exact) mass is 514 g/mol. The number of thiocarbonyl (C=S) groups is 1. The maximum absolute atomic E-state index is 11.9. The first-order valence-electron chi connectivity index (χ1n) is 11.3. The molecule has 0 saturated carbocycles. The summed E-state index contributed by atoms with van der Waals surface area (Å²) < 4.78 is 10.6. The van der Waals surface area contributed by atoms with Crippen LogP contribution >= 0.6 is 12.2 Å². The molecule has 0 saturated heterocycles. The van der Waals surface area contributed by atoms with E-state index in [0.29, 0.717) is 17.3 Å². The first-order chi connectivity index (χ1) is 16.7. The van der Waals surface area contributed by atoms with Gasteiger partial charge in [0.15, 0.2) is 10.9 Å². The summed E-state index contributed by atoms with van der Waals surface area (Å²) in [6.45, 7) is 13.2. The highest BCUT2D eigenvalue weighted by Gasteiger charge is 2.30. The lowest BCUT2D eigenvalue weighted by Gasteiger charge is -2.24. The van der Waals surface area contributed by atoms with Gasteiger partial charge in [0.2, 0.25) is 0 Å². The number of hydrogen-bond acceptors (Lipinski definition) is 7. The standard InChI is InChI=1S/C22H28N6O3S.C3H6O/c1-21(2,3)14-7-8-23-18(17(14)27-20(29)30-6)28-19(32)26-12-25-16-9-13-10-22(4,5)31-15(13)11-24-16;1-3(2)4/h7-9,11-12H,10H2,1-6H3,(H,27,29)(H2,23,24,25,26,28,32);1-2H3. The zero-order valence-corrected chi connectivity index (χ0v) is 22.8. The predicted octanol–water partition coefficient (Wildman–Crippen LogP) is 5.10. The van der Waals surface area contributed by atoms with Gasteiger partial charge in [-0.3, -0.25) is 5.32 Å². The van der Waals surface area contributed by atoms with E-state index in [0.717, 1.165) is 23.3 Å². The Morgan fingerprint density at radius 2 is 1.89 bits per heavy atom. The van der Waals surface area contributed by atoms with Gasteiger partial charge in [-0.1, -0.05) is 20.8 Å². The Balaban J connectivity index is 0.00000106. The van der Waals surface area contributed by atoms with Crippen molar-refractivity contribution in [1.29, 1.82) is 0 Å². The highest BCUT2D eigenvalue weighted by molar-refractivity contribution is 7.80.